The molecule has 1 fully saturated rings. The number of rotatable bonds is 5. The molecular weight excluding hydrogens is 361 g/mol. The molecule has 1 aromatic rings. The van der Waals surface area contributed by atoms with Crippen LogP contribution in [0, 0.1) is 0 Å². The van der Waals surface area contributed by atoms with E-state index in [4.69, 9.17) is 0 Å². The molecule has 7 nitrogen and oxygen atoms in total. The van der Waals surface area contributed by atoms with Crippen LogP contribution in [0.15, 0.2) is 23.3 Å². The van der Waals surface area contributed by atoms with Crippen molar-refractivity contribution in [3.8, 4) is 5.88 Å². The van der Waals surface area contributed by atoms with Gasteiger partial charge in [-0.3, -0.25) is 4.99 Å². The van der Waals surface area contributed by atoms with Crippen molar-refractivity contribution in [3.05, 3.63) is 23.9 Å². The molecule has 0 saturated carbocycles. The Kier molecular flexibility index (Phi) is 6.09. The fourth-order valence-corrected chi connectivity index (χ4v) is 3.91. The van der Waals surface area contributed by atoms with E-state index in [0.29, 0.717) is 24.5 Å². The van der Waals surface area contributed by atoms with E-state index >= 15 is 0 Å². The highest BCUT2D eigenvalue weighted by atomic mass is 32.2. The van der Waals surface area contributed by atoms with Crippen LogP contribution in [-0.4, -0.2) is 56.7 Å². The second-order valence-corrected chi connectivity index (χ2v) is 7.81. The molecule has 2 N–H and O–H groups in total. The second kappa shape index (κ2) is 7.89. The smallest absolute Gasteiger partial charge is 0.422 e. The molecule has 1 unspecified atom stereocenters. The molecule has 2 rings (SSSR count). The van der Waals surface area contributed by atoms with Crippen LogP contribution >= 0.6 is 0 Å². The first kappa shape index (κ1) is 19.3. The van der Waals surface area contributed by atoms with Crippen molar-refractivity contribution >= 4 is 15.8 Å². The number of hydrogen-bond donors (Lipinski definition) is 2. The maximum Gasteiger partial charge on any atom is 0.422 e. The summed E-state index contributed by atoms with van der Waals surface area (Å²) in [6, 6.07) is 2.74. The number of aromatic nitrogens is 1. The number of nitrogens with one attached hydrogen (secondary N) is 2. The van der Waals surface area contributed by atoms with Crippen molar-refractivity contribution in [2.75, 3.05) is 25.2 Å². The van der Waals surface area contributed by atoms with E-state index in [2.05, 4.69) is 25.3 Å². The van der Waals surface area contributed by atoms with E-state index in [1.54, 1.807) is 13.1 Å². The lowest BCUT2D eigenvalue weighted by molar-refractivity contribution is -0.154. The van der Waals surface area contributed by atoms with Gasteiger partial charge in [0.2, 0.25) is 5.88 Å². The van der Waals surface area contributed by atoms with Gasteiger partial charge in [-0.05, 0) is 12.0 Å². The highest BCUT2D eigenvalue weighted by Crippen LogP contribution is 2.17. The molecule has 140 valence electrons. The number of ether oxygens (including phenoxy) is 1. The van der Waals surface area contributed by atoms with Crippen LogP contribution in [0.3, 0.4) is 0 Å². The normalized spacial score (nSPS) is 20.3. The van der Waals surface area contributed by atoms with Gasteiger partial charge >= 0.3 is 6.18 Å². The first-order chi connectivity index (χ1) is 11.7. The van der Waals surface area contributed by atoms with Gasteiger partial charge in [-0.1, -0.05) is 6.07 Å². The number of alkyl halides is 3. The van der Waals surface area contributed by atoms with E-state index in [-0.39, 0.29) is 23.4 Å². The van der Waals surface area contributed by atoms with Gasteiger partial charge in [0.05, 0.1) is 11.5 Å². The molecule has 25 heavy (non-hydrogen) atoms. The number of aliphatic imine (C=N–C) groups is 1. The zero-order valence-corrected chi connectivity index (χ0v) is 14.3. The summed E-state index contributed by atoms with van der Waals surface area (Å²) in [6.07, 6.45) is -2.49. The molecular formula is C14H19F3N4O3S. The second-order valence-electron chi connectivity index (χ2n) is 5.58. The molecule has 1 aliphatic heterocycles. The van der Waals surface area contributed by atoms with Crippen molar-refractivity contribution in [1.29, 1.82) is 0 Å². The van der Waals surface area contributed by atoms with Crippen molar-refractivity contribution in [1.82, 2.24) is 15.6 Å². The minimum absolute atomic E-state index is 0.0699. The van der Waals surface area contributed by atoms with E-state index in [0.717, 1.165) is 0 Å². The summed E-state index contributed by atoms with van der Waals surface area (Å²) in [5.74, 6) is 0.560. The van der Waals surface area contributed by atoms with Crippen LogP contribution in [0.1, 0.15) is 12.0 Å². The van der Waals surface area contributed by atoms with E-state index in [9.17, 15) is 21.6 Å². The number of hydrogen-bond acceptors (Lipinski definition) is 5. The summed E-state index contributed by atoms with van der Waals surface area (Å²) in [5.41, 5.74) is 0.710. The fraction of sp³-hybridized carbons (Fsp3) is 0.571. The first-order valence-corrected chi connectivity index (χ1v) is 9.31. The Bertz CT molecular complexity index is 705. The summed E-state index contributed by atoms with van der Waals surface area (Å²) in [4.78, 5) is 7.82. The number of nitrogens with zero attached hydrogens (tertiary/aromatic N) is 2. The lowest BCUT2D eigenvalue weighted by atomic mass is 10.2. The third-order valence-electron chi connectivity index (χ3n) is 3.44. The van der Waals surface area contributed by atoms with E-state index in [1.165, 1.54) is 12.3 Å². The summed E-state index contributed by atoms with van der Waals surface area (Å²) in [6.45, 7) is -1.07. The van der Waals surface area contributed by atoms with Gasteiger partial charge in [-0.2, -0.15) is 13.2 Å². The number of guanidine groups is 1. The van der Waals surface area contributed by atoms with Crippen molar-refractivity contribution in [2.45, 2.75) is 25.2 Å². The Hall–Kier alpha value is -2.04. The third kappa shape index (κ3) is 6.77. The third-order valence-corrected chi connectivity index (χ3v) is 5.21. The Labute approximate surface area is 143 Å². The number of halogens is 3. The lowest BCUT2D eigenvalue weighted by Gasteiger charge is -2.16. The van der Waals surface area contributed by atoms with Crippen LogP contribution in [0.2, 0.25) is 0 Å². The molecule has 0 radical (unpaired) electrons. The van der Waals surface area contributed by atoms with Crippen LogP contribution in [0.4, 0.5) is 13.2 Å². The van der Waals surface area contributed by atoms with Gasteiger partial charge in [-0.25, -0.2) is 13.4 Å². The molecule has 11 heteroatoms. The van der Waals surface area contributed by atoms with Gasteiger partial charge in [-0.15, -0.1) is 0 Å². The molecule has 0 aliphatic carbocycles. The van der Waals surface area contributed by atoms with Gasteiger partial charge in [0.15, 0.2) is 22.4 Å². The predicted molar refractivity (Wildman–Crippen MR) is 86.2 cm³/mol. The van der Waals surface area contributed by atoms with E-state index < -0.39 is 22.6 Å². The highest BCUT2D eigenvalue weighted by Gasteiger charge is 2.29. The molecule has 1 aliphatic rings. The van der Waals surface area contributed by atoms with Crippen molar-refractivity contribution in [3.63, 3.8) is 0 Å². The summed E-state index contributed by atoms with van der Waals surface area (Å²) >= 11 is 0. The van der Waals surface area contributed by atoms with E-state index in [1.807, 2.05) is 0 Å². The lowest BCUT2D eigenvalue weighted by Crippen LogP contribution is -2.43. The topological polar surface area (TPSA) is 92.7 Å². The van der Waals surface area contributed by atoms with Gasteiger partial charge in [0.25, 0.3) is 0 Å². The zero-order valence-electron chi connectivity index (χ0n) is 13.5. The molecule has 2 heterocycles. The quantitative estimate of drug-likeness (QED) is 0.582. The number of pyridine rings is 1. The van der Waals surface area contributed by atoms with Gasteiger partial charge in [0, 0.05) is 31.9 Å². The first-order valence-electron chi connectivity index (χ1n) is 7.49. The Morgan fingerprint density at radius 3 is 2.72 bits per heavy atom. The maximum atomic E-state index is 12.1. The van der Waals surface area contributed by atoms with Crippen LogP contribution in [-0.2, 0) is 16.4 Å². The molecule has 1 saturated heterocycles. The van der Waals surface area contributed by atoms with Gasteiger partial charge in [0.1, 0.15) is 0 Å². The average Bonchev–Trinajstić information content (AvgIpc) is 2.88. The molecule has 0 spiro atoms. The SMILES string of the molecule is CN=C(NCc1ccc(OCC(F)(F)F)nc1)NC1CCS(=O)(=O)C1. The van der Waals surface area contributed by atoms with Crippen molar-refractivity contribution < 1.29 is 26.3 Å². The monoisotopic (exact) mass is 380 g/mol. The molecule has 0 amide bonds. The summed E-state index contributed by atoms with van der Waals surface area (Å²) in [5, 5.41) is 6.03. The standard InChI is InChI=1S/C14H19F3N4O3S/c1-18-13(21-11-4-5-25(22,23)8-11)20-7-10-2-3-12(19-6-10)24-9-14(15,16)17/h2-3,6,11H,4-5,7-9H2,1H3,(H2,18,20,21). The van der Waals surface area contributed by atoms with Crippen molar-refractivity contribution in [2.24, 2.45) is 4.99 Å². The van der Waals surface area contributed by atoms with Crippen LogP contribution < -0.4 is 15.4 Å². The van der Waals surface area contributed by atoms with Crippen LogP contribution in [0.25, 0.3) is 0 Å². The fourth-order valence-electron chi connectivity index (χ4n) is 2.24. The number of sulfone groups is 1. The Morgan fingerprint density at radius 1 is 1.44 bits per heavy atom. The largest absolute Gasteiger partial charge is 0.468 e. The minimum Gasteiger partial charge on any atom is -0.468 e. The van der Waals surface area contributed by atoms with Crippen LogP contribution in [0.5, 0.6) is 5.88 Å². The summed E-state index contributed by atoms with van der Waals surface area (Å²) in [7, 11) is -1.43. The average molecular weight is 380 g/mol. The molecule has 0 aromatic carbocycles. The minimum atomic E-state index is -4.41. The Morgan fingerprint density at radius 2 is 2.20 bits per heavy atom. The zero-order chi connectivity index (χ0) is 18.5. The molecule has 1 aromatic heterocycles. The predicted octanol–water partition coefficient (Wildman–Crippen LogP) is 0.875. The molecule has 1 atom stereocenters. The van der Waals surface area contributed by atoms with Gasteiger partial charge < -0.3 is 15.4 Å². The highest BCUT2D eigenvalue weighted by molar-refractivity contribution is 7.91. The Balaban J connectivity index is 1.81. The molecule has 0 bridgehead atoms. The summed E-state index contributed by atoms with van der Waals surface area (Å²) < 4.78 is 63.6. The maximum absolute atomic E-state index is 12.1.